The number of phosphoric ester groups is 1. The number of carboxylic acids is 1. The topological polar surface area (TPSA) is 169 Å². The smallest absolute Gasteiger partial charge is 0.472 e. The third kappa shape index (κ3) is 41.9. The van der Waals surface area contributed by atoms with Gasteiger partial charge >= 0.3 is 19.8 Å². The number of hydrogen-bond donors (Lipinski definition) is 4. The lowest BCUT2D eigenvalue weighted by molar-refractivity contribution is -0.147. The summed E-state index contributed by atoms with van der Waals surface area (Å²) in [5, 5.41) is 21.8. The van der Waals surface area contributed by atoms with Crippen LogP contribution in [0.4, 0.5) is 0 Å². The fraction of sp³-hybridized carbons (Fsp3) is 0.729. The molecule has 0 spiro atoms. The van der Waals surface area contributed by atoms with Crippen LogP contribution in [-0.4, -0.2) is 64.9 Å². The molecule has 0 aromatic carbocycles. The van der Waals surface area contributed by atoms with Gasteiger partial charge in [0.2, 0.25) is 5.91 Å². The molecule has 0 aliphatic carbocycles. The highest BCUT2D eigenvalue weighted by Gasteiger charge is 2.28. The molecule has 0 bridgehead atoms. The van der Waals surface area contributed by atoms with Crippen molar-refractivity contribution in [3.05, 3.63) is 60.8 Å². The molecule has 0 saturated heterocycles. The number of phosphoric acid groups is 1. The zero-order valence-electron chi connectivity index (χ0n) is 37.5. The Balaban J connectivity index is 3.87. The number of hydrogen-bond acceptors (Lipinski definition) is 8. The molecule has 0 fully saturated rings. The van der Waals surface area contributed by atoms with Crippen molar-refractivity contribution in [3.63, 3.8) is 0 Å². The molecule has 0 aromatic heterocycles. The predicted octanol–water partition coefficient (Wildman–Crippen LogP) is 12.3. The third-order valence-corrected chi connectivity index (χ3v) is 10.8. The molecule has 12 heteroatoms. The standard InChI is InChI=1S/C48H84NO10P/c1-3-5-7-9-11-13-15-17-18-19-20-21-22-23-24-25-26-28-30-32-34-36-38-40-47(52)57-41-44(50)42-58-60(55,56)59-43-45(48(53)54)49-46(51)39-37-35-33-31-29-27-16-14-12-10-8-6-4-2/h5,7,11,13,17-18,20-21,23-24,44-45,50H,3-4,6,8-10,12,14-16,19,22,25-43H2,1-2H3,(H,49,51)(H,53,54)(H,55,56)/b7-5-,13-11-,18-17-,21-20-,24-23-. The Bertz CT molecular complexity index is 1250. The van der Waals surface area contributed by atoms with Gasteiger partial charge in [0.1, 0.15) is 12.7 Å². The monoisotopic (exact) mass is 866 g/mol. The van der Waals surface area contributed by atoms with Crippen LogP contribution in [0.25, 0.3) is 0 Å². The number of aliphatic hydroxyl groups is 1. The Kier molecular flexibility index (Phi) is 40.8. The molecule has 346 valence electrons. The van der Waals surface area contributed by atoms with Gasteiger partial charge in [0, 0.05) is 12.8 Å². The van der Waals surface area contributed by atoms with Crippen LogP contribution in [0.2, 0.25) is 0 Å². The van der Waals surface area contributed by atoms with Gasteiger partial charge in [-0.1, -0.05) is 184 Å². The predicted molar refractivity (Wildman–Crippen MR) is 245 cm³/mol. The van der Waals surface area contributed by atoms with E-state index in [0.717, 1.165) is 83.5 Å². The molecule has 3 unspecified atom stereocenters. The maximum absolute atomic E-state index is 12.3. The van der Waals surface area contributed by atoms with Crippen LogP contribution < -0.4 is 5.32 Å². The third-order valence-electron chi connectivity index (χ3n) is 9.82. The molecule has 0 rings (SSSR count). The Labute approximate surface area is 364 Å². The quantitative estimate of drug-likeness (QED) is 0.0200. The van der Waals surface area contributed by atoms with E-state index in [2.05, 4.69) is 79.9 Å². The van der Waals surface area contributed by atoms with Gasteiger partial charge in [0.05, 0.1) is 13.2 Å². The summed E-state index contributed by atoms with van der Waals surface area (Å²) in [5.74, 6) is -2.38. The van der Waals surface area contributed by atoms with Gasteiger partial charge in [-0.25, -0.2) is 9.36 Å². The van der Waals surface area contributed by atoms with E-state index in [9.17, 15) is 34.1 Å². The lowest BCUT2D eigenvalue weighted by Gasteiger charge is -2.18. The van der Waals surface area contributed by atoms with E-state index in [1.54, 1.807) is 0 Å². The number of carboxylic acid groups (broad SMARTS) is 1. The molecule has 11 nitrogen and oxygen atoms in total. The maximum atomic E-state index is 12.3. The summed E-state index contributed by atoms with van der Waals surface area (Å²) in [6, 6.07) is -1.55. The summed E-state index contributed by atoms with van der Waals surface area (Å²) in [6.45, 7) is 2.47. The van der Waals surface area contributed by atoms with Gasteiger partial charge in [-0.15, -0.1) is 0 Å². The van der Waals surface area contributed by atoms with Gasteiger partial charge < -0.3 is 25.2 Å². The number of esters is 1. The van der Waals surface area contributed by atoms with E-state index in [1.807, 2.05) is 0 Å². The Hall–Kier alpha value is -2.82. The number of aliphatic hydroxyl groups excluding tert-OH is 1. The highest BCUT2D eigenvalue weighted by Crippen LogP contribution is 2.43. The normalized spacial score (nSPS) is 14.2. The minimum Gasteiger partial charge on any atom is -0.480 e. The fourth-order valence-electron chi connectivity index (χ4n) is 6.22. The molecule has 3 atom stereocenters. The average Bonchev–Trinajstić information content (AvgIpc) is 3.22. The number of amides is 1. The first-order valence-corrected chi connectivity index (χ1v) is 24.8. The first kappa shape index (κ1) is 57.2. The van der Waals surface area contributed by atoms with E-state index in [-0.39, 0.29) is 12.8 Å². The van der Waals surface area contributed by atoms with Crippen molar-refractivity contribution in [2.75, 3.05) is 19.8 Å². The van der Waals surface area contributed by atoms with Crippen molar-refractivity contribution in [2.45, 2.75) is 206 Å². The number of ether oxygens (including phenoxy) is 1. The number of nitrogens with one attached hydrogen (secondary N) is 1. The summed E-state index contributed by atoms with van der Waals surface area (Å²) in [7, 11) is -4.76. The van der Waals surface area contributed by atoms with Crippen LogP contribution in [0.5, 0.6) is 0 Å². The molecule has 60 heavy (non-hydrogen) atoms. The number of aliphatic carboxylic acids is 1. The van der Waals surface area contributed by atoms with Gasteiger partial charge in [-0.2, -0.15) is 0 Å². The number of carbonyl (C=O) groups is 3. The highest BCUT2D eigenvalue weighted by atomic mass is 31.2. The highest BCUT2D eigenvalue weighted by molar-refractivity contribution is 7.47. The molecule has 1 amide bonds. The zero-order chi connectivity index (χ0) is 44.2. The van der Waals surface area contributed by atoms with Crippen molar-refractivity contribution in [3.8, 4) is 0 Å². The molecule has 4 N–H and O–H groups in total. The van der Waals surface area contributed by atoms with Crippen LogP contribution in [0.1, 0.15) is 194 Å². The molecule has 0 aromatic rings. The molecular weight excluding hydrogens is 781 g/mol. The van der Waals surface area contributed by atoms with Gasteiger partial charge in [0.25, 0.3) is 0 Å². The molecule has 0 heterocycles. The number of allylic oxidation sites excluding steroid dienone is 10. The number of unbranched alkanes of at least 4 members (excludes halogenated alkanes) is 19. The molecule has 0 aliphatic heterocycles. The second-order valence-electron chi connectivity index (χ2n) is 15.6. The van der Waals surface area contributed by atoms with Gasteiger partial charge in [-0.05, 0) is 57.8 Å². The van der Waals surface area contributed by atoms with Crippen molar-refractivity contribution in [2.24, 2.45) is 0 Å². The first-order chi connectivity index (χ1) is 29.1. The summed E-state index contributed by atoms with van der Waals surface area (Å²) >= 11 is 0. The Morgan fingerprint density at radius 3 is 1.45 bits per heavy atom. The van der Waals surface area contributed by atoms with Crippen LogP contribution in [0.15, 0.2) is 60.8 Å². The fourth-order valence-corrected chi connectivity index (χ4v) is 7.00. The van der Waals surface area contributed by atoms with Crippen molar-refractivity contribution in [1.29, 1.82) is 0 Å². The molecule has 0 aliphatic rings. The minimum atomic E-state index is -4.76. The van der Waals surface area contributed by atoms with E-state index < -0.39 is 57.6 Å². The minimum absolute atomic E-state index is 0.146. The number of rotatable bonds is 43. The lowest BCUT2D eigenvalue weighted by Crippen LogP contribution is -2.43. The zero-order valence-corrected chi connectivity index (χ0v) is 38.4. The van der Waals surface area contributed by atoms with E-state index in [0.29, 0.717) is 12.8 Å². The van der Waals surface area contributed by atoms with E-state index >= 15 is 0 Å². The summed E-state index contributed by atoms with van der Waals surface area (Å²) < 4.78 is 26.9. The van der Waals surface area contributed by atoms with Crippen molar-refractivity contribution < 1.29 is 47.8 Å². The second-order valence-corrected chi connectivity index (χ2v) is 17.0. The van der Waals surface area contributed by atoms with Gasteiger partial charge in [-0.3, -0.25) is 18.6 Å². The van der Waals surface area contributed by atoms with Crippen LogP contribution >= 0.6 is 7.82 Å². The van der Waals surface area contributed by atoms with Crippen molar-refractivity contribution in [1.82, 2.24) is 5.32 Å². The first-order valence-electron chi connectivity index (χ1n) is 23.3. The van der Waals surface area contributed by atoms with Gasteiger partial charge in [0.15, 0.2) is 6.04 Å². The lowest BCUT2D eigenvalue weighted by atomic mass is 10.0. The molecule has 0 radical (unpaired) electrons. The van der Waals surface area contributed by atoms with Crippen LogP contribution in [-0.2, 0) is 32.7 Å². The summed E-state index contributed by atoms with van der Waals surface area (Å²) in [4.78, 5) is 45.9. The average molecular weight is 866 g/mol. The molecular formula is C48H84NO10P. The summed E-state index contributed by atoms with van der Waals surface area (Å²) in [5.41, 5.74) is 0. The van der Waals surface area contributed by atoms with Crippen molar-refractivity contribution >= 4 is 25.7 Å². The van der Waals surface area contributed by atoms with Crippen LogP contribution in [0, 0.1) is 0 Å². The largest absolute Gasteiger partial charge is 0.480 e. The summed E-state index contributed by atoms with van der Waals surface area (Å²) in [6.07, 6.45) is 49.5. The van der Waals surface area contributed by atoms with E-state index in [1.165, 1.54) is 70.6 Å². The SMILES string of the molecule is CC/C=C\C/C=C\C/C=C\C/C=C\C/C=C\CCCCCCCCCC(=O)OCC(O)COP(=O)(O)OCC(NC(=O)CCCCCCCCCCCCCCC)C(=O)O. The second kappa shape index (κ2) is 42.9. The maximum Gasteiger partial charge on any atom is 0.472 e. The van der Waals surface area contributed by atoms with Crippen LogP contribution in [0.3, 0.4) is 0 Å². The Morgan fingerprint density at radius 1 is 0.550 bits per heavy atom. The Morgan fingerprint density at radius 2 is 0.967 bits per heavy atom. The number of carbonyl (C=O) groups excluding carboxylic acids is 2. The van der Waals surface area contributed by atoms with E-state index in [4.69, 9.17) is 13.8 Å². The molecule has 0 saturated carbocycles.